The summed E-state index contributed by atoms with van der Waals surface area (Å²) in [7, 11) is 0. The Kier molecular flexibility index (Phi) is 3.34. The van der Waals surface area contributed by atoms with Gasteiger partial charge in [0.15, 0.2) is 5.82 Å². The van der Waals surface area contributed by atoms with Crippen LogP contribution in [0.5, 0.6) is 0 Å². The van der Waals surface area contributed by atoms with Crippen LogP contribution in [0.2, 0.25) is 0 Å². The van der Waals surface area contributed by atoms with Crippen LogP contribution < -0.4 is 5.32 Å². The summed E-state index contributed by atoms with van der Waals surface area (Å²) in [5.74, 6) is 1.32. The van der Waals surface area contributed by atoms with Crippen LogP contribution in [0, 0.1) is 0 Å². The van der Waals surface area contributed by atoms with Gasteiger partial charge in [-0.15, -0.1) is 11.8 Å². The fourth-order valence-electron chi connectivity index (χ4n) is 1.70. The van der Waals surface area contributed by atoms with Crippen LogP contribution in [0.25, 0.3) is 11.5 Å². The van der Waals surface area contributed by atoms with Crippen molar-refractivity contribution in [1.29, 1.82) is 0 Å². The van der Waals surface area contributed by atoms with E-state index in [2.05, 4.69) is 33.8 Å². The normalized spacial score (nSPS) is 14.9. The minimum absolute atomic E-state index is 0.593. The van der Waals surface area contributed by atoms with Crippen LogP contribution in [-0.2, 0) is 6.54 Å². The Morgan fingerprint density at radius 3 is 2.78 bits per heavy atom. The number of rotatable bonds is 5. The van der Waals surface area contributed by atoms with Crippen molar-refractivity contribution in [2.24, 2.45) is 0 Å². The molecule has 1 aliphatic carbocycles. The molecule has 0 bridgehead atoms. The van der Waals surface area contributed by atoms with Crippen LogP contribution >= 0.6 is 11.8 Å². The summed E-state index contributed by atoms with van der Waals surface area (Å²) in [6.45, 7) is 0.692. The smallest absolute Gasteiger partial charge is 0.257 e. The van der Waals surface area contributed by atoms with Gasteiger partial charge in [-0.2, -0.15) is 4.98 Å². The lowest BCUT2D eigenvalue weighted by Gasteiger charge is -1.97. The first kappa shape index (κ1) is 11.7. The molecule has 1 aromatic carbocycles. The molecule has 1 aliphatic rings. The molecule has 0 aliphatic heterocycles. The van der Waals surface area contributed by atoms with Gasteiger partial charge in [0.1, 0.15) is 0 Å². The Morgan fingerprint density at radius 1 is 1.33 bits per heavy atom. The zero-order chi connectivity index (χ0) is 12.4. The molecule has 0 amide bonds. The van der Waals surface area contributed by atoms with E-state index in [0.717, 1.165) is 11.4 Å². The van der Waals surface area contributed by atoms with Gasteiger partial charge >= 0.3 is 0 Å². The molecule has 1 N–H and O–H groups in total. The van der Waals surface area contributed by atoms with Crippen molar-refractivity contribution in [2.75, 3.05) is 6.26 Å². The second-order valence-electron chi connectivity index (χ2n) is 4.40. The van der Waals surface area contributed by atoms with Crippen LogP contribution in [-0.4, -0.2) is 22.4 Å². The van der Waals surface area contributed by atoms with E-state index in [1.165, 1.54) is 17.7 Å². The maximum absolute atomic E-state index is 5.27. The van der Waals surface area contributed by atoms with Gasteiger partial charge in [0.05, 0.1) is 6.54 Å². The summed E-state index contributed by atoms with van der Waals surface area (Å²) in [6, 6.07) is 8.81. The van der Waals surface area contributed by atoms with Gasteiger partial charge in [-0.1, -0.05) is 5.16 Å². The summed E-state index contributed by atoms with van der Waals surface area (Å²) < 4.78 is 5.27. The van der Waals surface area contributed by atoms with Crippen molar-refractivity contribution in [3.05, 3.63) is 30.1 Å². The molecule has 0 spiro atoms. The van der Waals surface area contributed by atoms with Crippen molar-refractivity contribution in [3.63, 3.8) is 0 Å². The molecular formula is C13H15N3OS. The summed E-state index contributed by atoms with van der Waals surface area (Å²) in [4.78, 5) is 5.62. The number of hydrogen-bond donors (Lipinski definition) is 1. The van der Waals surface area contributed by atoms with E-state index >= 15 is 0 Å². The number of hydrogen-bond acceptors (Lipinski definition) is 5. The SMILES string of the molecule is CSc1ccc(-c2nc(CNC3CC3)no2)cc1. The van der Waals surface area contributed by atoms with E-state index in [-0.39, 0.29) is 0 Å². The highest BCUT2D eigenvalue weighted by atomic mass is 32.2. The molecule has 1 aromatic heterocycles. The summed E-state index contributed by atoms with van der Waals surface area (Å²) in [5, 5.41) is 7.35. The third-order valence-electron chi connectivity index (χ3n) is 2.93. The van der Waals surface area contributed by atoms with Crippen LogP contribution in [0.4, 0.5) is 0 Å². The third kappa shape index (κ3) is 2.73. The third-order valence-corrected chi connectivity index (χ3v) is 3.67. The molecule has 1 fully saturated rings. The van der Waals surface area contributed by atoms with E-state index in [4.69, 9.17) is 4.52 Å². The quantitative estimate of drug-likeness (QED) is 0.839. The van der Waals surface area contributed by atoms with Gasteiger partial charge in [-0.05, 0) is 43.4 Å². The predicted octanol–water partition coefficient (Wildman–Crippen LogP) is 2.71. The molecule has 0 unspecified atom stereocenters. The van der Waals surface area contributed by atoms with Crippen molar-refractivity contribution >= 4 is 11.8 Å². The van der Waals surface area contributed by atoms with Crippen molar-refractivity contribution in [1.82, 2.24) is 15.5 Å². The van der Waals surface area contributed by atoms with Gasteiger partial charge in [0.25, 0.3) is 5.89 Å². The molecule has 3 rings (SSSR count). The first-order valence-electron chi connectivity index (χ1n) is 6.05. The van der Waals surface area contributed by atoms with E-state index < -0.39 is 0 Å². The number of benzene rings is 1. The highest BCUT2D eigenvalue weighted by molar-refractivity contribution is 7.98. The number of nitrogens with one attached hydrogen (secondary N) is 1. The first-order chi connectivity index (χ1) is 8.85. The summed E-state index contributed by atoms with van der Waals surface area (Å²) in [6.07, 6.45) is 4.59. The average molecular weight is 261 g/mol. The molecule has 2 aromatic rings. The van der Waals surface area contributed by atoms with E-state index in [1.54, 1.807) is 11.8 Å². The van der Waals surface area contributed by atoms with Gasteiger partial charge < -0.3 is 9.84 Å². The fourth-order valence-corrected chi connectivity index (χ4v) is 2.11. The van der Waals surface area contributed by atoms with Gasteiger partial charge in [-0.3, -0.25) is 0 Å². The van der Waals surface area contributed by atoms with Gasteiger partial charge in [0.2, 0.25) is 0 Å². The molecule has 0 atom stereocenters. The molecule has 94 valence electrons. The monoisotopic (exact) mass is 261 g/mol. The Morgan fingerprint density at radius 2 is 2.11 bits per heavy atom. The molecule has 1 heterocycles. The Balaban J connectivity index is 1.70. The molecule has 4 nitrogen and oxygen atoms in total. The number of nitrogens with zero attached hydrogens (tertiary/aromatic N) is 2. The first-order valence-corrected chi connectivity index (χ1v) is 7.28. The fraction of sp³-hybridized carbons (Fsp3) is 0.385. The van der Waals surface area contributed by atoms with Crippen molar-refractivity contribution in [2.45, 2.75) is 30.3 Å². The maximum Gasteiger partial charge on any atom is 0.257 e. The summed E-state index contributed by atoms with van der Waals surface area (Å²) in [5.41, 5.74) is 0.970. The summed E-state index contributed by atoms with van der Waals surface area (Å²) >= 11 is 1.72. The van der Waals surface area contributed by atoms with E-state index in [1.807, 2.05) is 12.1 Å². The zero-order valence-electron chi connectivity index (χ0n) is 10.2. The highest BCUT2D eigenvalue weighted by Crippen LogP contribution is 2.22. The van der Waals surface area contributed by atoms with E-state index in [9.17, 15) is 0 Å². The van der Waals surface area contributed by atoms with Crippen LogP contribution in [0.3, 0.4) is 0 Å². The molecular weight excluding hydrogens is 246 g/mol. The lowest BCUT2D eigenvalue weighted by atomic mass is 10.2. The maximum atomic E-state index is 5.27. The standard InChI is InChI=1S/C13H15N3OS/c1-18-11-6-2-9(3-7-11)13-15-12(16-17-13)8-14-10-4-5-10/h2-3,6-7,10,14H,4-5,8H2,1H3. The average Bonchev–Trinajstić information content (AvgIpc) is 3.14. The molecule has 5 heteroatoms. The Hall–Kier alpha value is -1.33. The second kappa shape index (κ2) is 5.12. The van der Waals surface area contributed by atoms with E-state index in [0.29, 0.717) is 18.5 Å². The molecule has 0 radical (unpaired) electrons. The van der Waals surface area contributed by atoms with Gasteiger partial charge in [0, 0.05) is 16.5 Å². The van der Waals surface area contributed by atoms with Crippen molar-refractivity contribution in [3.8, 4) is 11.5 Å². The Labute approximate surface area is 110 Å². The minimum Gasteiger partial charge on any atom is -0.334 e. The lowest BCUT2D eigenvalue weighted by Crippen LogP contribution is -2.16. The number of aromatic nitrogens is 2. The van der Waals surface area contributed by atoms with Crippen LogP contribution in [0.1, 0.15) is 18.7 Å². The molecule has 0 saturated heterocycles. The topological polar surface area (TPSA) is 51.0 Å². The largest absolute Gasteiger partial charge is 0.334 e. The predicted molar refractivity (Wildman–Crippen MR) is 71.4 cm³/mol. The van der Waals surface area contributed by atoms with Crippen LogP contribution in [0.15, 0.2) is 33.7 Å². The molecule has 1 saturated carbocycles. The number of thioether (sulfide) groups is 1. The Bertz CT molecular complexity index is 519. The van der Waals surface area contributed by atoms with Crippen molar-refractivity contribution < 1.29 is 4.52 Å². The van der Waals surface area contributed by atoms with Gasteiger partial charge in [-0.25, -0.2) is 0 Å². The highest BCUT2D eigenvalue weighted by Gasteiger charge is 2.21. The zero-order valence-corrected chi connectivity index (χ0v) is 11.0. The molecule has 18 heavy (non-hydrogen) atoms. The lowest BCUT2D eigenvalue weighted by molar-refractivity contribution is 0.419. The minimum atomic E-state index is 0.593. The second-order valence-corrected chi connectivity index (χ2v) is 5.28.